The minimum atomic E-state index is 0.0428. The monoisotopic (exact) mass is 201 g/mol. The number of aromatic nitrogens is 1. The molecule has 1 aromatic heterocycles. The van der Waals surface area contributed by atoms with Crippen LogP contribution >= 0.6 is 0 Å². The molecule has 2 aromatic rings. The topological polar surface area (TPSA) is 32.9 Å². The van der Waals surface area contributed by atoms with E-state index in [0.29, 0.717) is 0 Å². The molecule has 0 saturated heterocycles. The maximum absolute atomic E-state index is 11.8. The molecule has 0 bridgehead atoms. The van der Waals surface area contributed by atoms with E-state index in [1.807, 2.05) is 45.0 Å². The number of nitrogens with one attached hydrogen (secondary N) is 1. The maximum atomic E-state index is 11.8. The second-order valence-electron chi connectivity index (χ2n) is 4.19. The summed E-state index contributed by atoms with van der Waals surface area (Å²) >= 11 is 0. The zero-order valence-corrected chi connectivity index (χ0v) is 9.29. The van der Waals surface area contributed by atoms with Crippen LogP contribution < -0.4 is 5.56 Å². The Morgan fingerprint density at radius 1 is 1.20 bits per heavy atom. The molecule has 0 saturated carbocycles. The highest BCUT2D eigenvalue weighted by molar-refractivity contribution is 5.82. The molecular formula is C13H15NO. The molecule has 0 amide bonds. The Labute approximate surface area is 89.0 Å². The summed E-state index contributed by atoms with van der Waals surface area (Å²) in [7, 11) is 0. The molecule has 2 nitrogen and oxygen atoms in total. The van der Waals surface area contributed by atoms with Gasteiger partial charge in [-0.05, 0) is 24.5 Å². The standard InChI is InChI=1S/C13H15NO/c1-8(2)12-9(3)10-6-4-5-7-11(10)14-13(12)15/h4-8H,1-3H3,(H,14,15). The Morgan fingerprint density at radius 2 is 1.87 bits per heavy atom. The highest BCUT2D eigenvalue weighted by Crippen LogP contribution is 2.21. The first-order valence-electron chi connectivity index (χ1n) is 5.22. The highest BCUT2D eigenvalue weighted by Gasteiger charge is 2.11. The maximum Gasteiger partial charge on any atom is 0.252 e. The van der Waals surface area contributed by atoms with Gasteiger partial charge in [-0.15, -0.1) is 0 Å². The van der Waals surface area contributed by atoms with E-state index in [0.717, 1.165) is 22.0 Å². The average molecular weight is 201 g/mol. The summed E-state index contributed by atoms with van der Waals surface area (Å²) < 4.78 is 0. The lowest BCUT2D eigenvalue weighted by Gasteiger charge is -2.10. The summed E-state index contributed by atoms with van der Waals surface area (Å²) in [5.41, 5.74) is 2.96. The molecule has 0 atom stereocenters. The number of para-hydroxylation sites is 1. The second-order valence-corrected chi connectivity index (χ2v) is 4.19. The molecule has 1 aromatic carbocycles. The quantitative estimate of drug-likeness (QED) is 0.756. The summed E-state index contributed by atoms with van der Waals surface area (Å²) in [5, 5.41) is 1.14. The Morgan fingerprint density at radius 3 is 2.53 bits per heavy atom. The minimum absolute atomic E-state index is 0.0428. The Kier molecular flexibility index (Phi) is 2.35. The third kappa shape index (κ3) is 1.56. The number of rotatable bonds is 1. The number of fused-ring (bicyclic) bond motifs is 1. The third-order valence-electron chi connectivity index (χ3n) is 2.81. The van der Waals surface area contributed by atoms with E-state index < -0.39 is 0 Å². The molecule has 0 fully saturated rings. The fourth-order valence-electron chi connectivity index (χ4n) is 2.12. The molecule has 0 aliphatic heterocycles. The van der Waals surface area contributed by atoms with Crippen LogP contribution in [0.5, 0.6) is 0 Å². The van der Waals surface area contributed by atoms with Crippen molar-refractivity contribution in [3.63, 3.8) is 0 Å². The molecule has 0 spiro atoms. The zero-order valence-electron chi connectivity index (χ0n) is 9.29. The van der Waals surface area contributed by atoms with Gasteiger partial charge >= 0.3 is 0 Å². The van der Waals surface area contributed by atoms with Crippen molar-refractivity contribution in [1.82, 2.24) is 4.98 Å². The first-order chi connectivity index (χ1) is 7.11. The Hall–Kier alpha value is -1.57. The molecule has 15 heavy (non-hydrogen) atoms. The Balaban J connectivity index is 2.90. The van der Waals surface area contributed by atoms with Gasteiger partial charge in [-0.1, -0.05) is 32.0 Å². The summed E-state index contributed by atoms with van der Waals surface area (Å²) in [6, 6.07) is 7.92. The fourth-order valence-corrected chi connectivity index (χ4v) is 2.12. The van der Waals surface area contributed by atoms with Crippen LogP contribution in [0.3, 0.4) is 0 Å². The molecule has 78 valence electrons. The van der Waals surface area contributed by atoms with Gasteiger partial charge in [-0.25, -0.2) is 0 Å². The predicted octanol–water partition coefficient (Wildman–Crippen LogP) is 2.96. The first kappa shape index (κ1) is 9.97. The van der Waals surface area contributed by atoms with Gasteiger partial charge in [0.2, 0.25) is 0 Å². The van der Waals surface area contributed by atoms with Crippen LogP contribution in [0.1, 0.15) is 30.9 Å². The van der Waals surface area contributed by atoms with Crippen LogP contribution in [-0.4, -0.2) is 4.98 Å². The number of aryl methyl sites for hydroxylation is 1. The van der Waals surface area contributed by atoms with Crippen LogP contribution in [0.15, 0.2) is 29.1 Å². The third-order valence-corrected chi connectivity index (χ3v) is 2.81. The minimum Gasteiger partial charge on any atom is -0.322 e. The van der Waals surface area contributed by atoms with Gasteiger partial charge in [0.25, 0.3) is 5.56 Å². The SMILES string of the molecule is Cc1c(C(C)C)c(=O)[nH]c2ccccc12. The predicted molar refractivity (Wildman–Crippen MR) is 63.4 cm³/mol. The van der Waals surface area contributed by atoms with E-state index in [1.165, 1.54) is 0 Å². The van der Waals surface area contributed by atoms with Gasteiger partial charge in [0.1, 0.15) is 0 Å². The van der Waals surface area contributed by atoms with Crippen molar-refractivity contribution < 1.29 is 0 Å². The number of hydrogen-bond acceptors (Lipinski definition) is 1. The number of aromatic amines is 1. The van der Waals surface area contributed by atoms with Crippen LogP contribution in [0, 0.1) is 6.92 Å². The lowest BCUT2D eigenvalue weighted by molar-refractivity contribution is 0.839. The molecule has 1 N–H and O–H groups in total. The summed E-state index contributed by atoms with van der Waals surface area (Å²) in [6.45, 7) is 6.12. The van der Waals surface area contributed by atoms with Crippen molar-refractivity contribution in [2.75, 3.05) is 0 Å². The molecule has 2 heteroatoms. The lowest BCUT2D eigenvalue weighted by atomic mass is 9.97. The van der Waals surface area contributed by atoms with Crippen LogP contribution in [0.2, 0.25) is 0 Å². The zero-order chi connectivity index (χ0) is 11.0. The molecule has 0 radical (unpaired) electrons. The Bertz CT molecular complexity index is 552. The normalized spacial score (nSPS) is 11.2. The van der Waals surface area contributed by atoms with Gasteiger partial charge in [-0.3, -0.25) is 4.79 Å². The van der Waals surface area contributed by atoms with E-state index in [9.17, 15) is 4.79 Å². The largest absolute Gasteiger partial charge is 0.322 e. The van der Waals surface area contributed by atoms with Crippen molar-refractivity contribution >= 4 is 10.9 Å². The van der Waals surface area contributed by atoms with Crippen LogP contribution in [0.25, 0.3) is 10.9 Å². The summed E-state index contributed by atoms with van der Waals surface area (Å²) in [6.07, 6.45) is 0. The van der Waals surface area contributed by atoms with Crippen LogP contribution in [0.4, 0.5) is 0 Å². The average Bonchev–Trinajstić information content (AvgIpc) is 2.17. The fraction of sp³-hybridized carbons (Fsp3) is 0.308. The van der Waals surface area contributed by atoms with E-state index in [1.54, 1.807) is 0 Å². The van der Waals surface area contributed by atoms with Crippen molar-refractivity contribution in [3.8, 4) is 0 Å². The number of benzene rings is 1. The molecule has 0 aliphatic rings. The number of pyridine rings is 1. The van der Waals surface area contributed by atoms with Gasteiger partial charge in [0, 0.05) is 16.5 Å². The molecule has 1 heterocycles. The van der Waals surface area contributed by atoms with Crippen molar-refractivity contribution in [3.05, 3.63) is 45.7 Å². The second kappa shape index (κ2) is 3.54. The van der Waals surface area contributed by atoms with Gasteiger partial charge in [-0.2, -0.15) is 0 Å². The van der Waals surface area contributed by atoms with Gasteiger partial charge < -0.3 is 4.98 Å². The number of hydrogen-bond donors (Lipinski definition) is 1. The smallest absolute Gasteiger partial charge is 0.252 e. The molecular weight excluding hydrogens is 186 g/mol. The summed E-state index contributed by atoms with van der Waals surface area (Å²) in [4.78, 5) is 14.8. The molecule has 0 aliphatic carbocycles. The van der Waals surface area contributed by atoms with E-state index in [4.69, 9.17) is 0 Å². The molecule has 0 unspecified atom stereocenters. The lowest BCUT2D eigenvalue weighted by Crippen LogP contribution is -2.16. The van der Waals surface area contributed by atoms with Crippen molar-refractivity contribution in [2.24, 2.45) is 0 Å². The first-order valence-corrected chi connectivity index (χ1v) is 5.22. The van der Waals surface area contributed by atoms with E-state index >= 15 is 0 Å². The van der Waals surface area contributed by atoms with Gasteiger partial charge in [0.05, 0.1) is 0 Å². The van der Waals surface area contributed by atoms with E-state index in [-0.39, 0.29) is 11.5 Å². The van der Waals surface area contributed by atoms with Gasteiger partial charge in [0.15, 0.2) is 0 Å². The van der Waals surface area contributed by atoms with Crippen molar-refractivity contribution in [1.29, 1.82) is 0 Å². The number of H-pyrrole nitrogens is 1. The van der Waals surface area contributed by atoms with Crippen LogP contribution in [-0.2, 0) is 0 Å². The van der Waals surface area contributed by atoms with Crippen molar-refractivity contribution in [2.45, 2.75) is 26.7 Å². The molecule has 2 rings (SSSR count). The highest BCUT2D eigenvalue weighted by atomic mass is 16.1. The van der Waals surface area contributed by atoms with E-state index in [2.05, 4.69) is 4.98 Å². The summed E-state index contributed by atoms with van der Waals surface area (Å²) in [5.74, 6) is 0.262.